The number of anilines is 1. The molecule has 0 spiro atoms. The Bertz CT molecular complexity index is 1060. The van der Waals surface area contributed by atoms with Crippen molar-refractivity contribution in [3.63, 3.8) is 0 Å². The number of carbonyl (C=O) groups excluding carboxylic acids is 2. The molecule has 1 fully saturated rings. The third-order valence-electron chi connectivity index (χ3n) is 4.52. The summed E-state index contributed by atoms with van der Waals surface area (Å²) in [6, 6.07) is 12.2. The van der Waals surface area contributed by atoms with Gasteiger partial charge in [0.05, 0.1) is 5.56 Å². The first-order chi connectivity index (χ1) is 12.5. The Morgan fingerprint density at radius 2 is 1.88 bits per heavy atom. The Morgan fingerprint density at radius 1 is 1.15 bits per heavy atom. The second kappa shape index (κ2) is 6.53. The fourth-order valence-corrected chi connectivity index (χ4v) is 4.32. The van der Waals surface area contributed by atoms with E-state index in [1.165, 1.54) is 24.3 Å². The molecular formula is C20H18N2O3S. The van der Waals surface area contributed by atoms with Crippen LogP contribution in [0.15, 0.2) is 47.3 Å². The van der Waals surface area contributed by atoms with E-state index in [0.717, 1.165) is 17.7 Å². The van der Waals surface area contributed by atoms with E-state index in [9.17, 15) is 14.4 Å². The zero-order valence-corrected chi connectivity index (χ0v) is 15.1. The summed E-state index contributed by atoms with van der Waals surface area (Å²) < 4.78 is 1.74. The summed E-state index contributed by atoms with van der Waals surface area (Å²) in [6.07, 6.45) is 2.26. The molecule has 1 aliphatic carbocycles. The van der Waals surface area contributed by atoms with E-state index in [2.05, 4.69) is 5.32 Å². The van der Waals surface area contributed by atoms with Crippen molar-refractivity contribution in [1.29, 1.82) is 0 Å². The summed E-state index contributed by atoms with van der Waals surface area (Å²) >= 11 is 1.30. The molecule has 1 N–H and O–H groups in total. The largest absolute Gasteiger partial charge is 0.317 e. The predicted octanol–water partition coefficient (Wildman–Crippen LogP) is 3.66. The van der Waals surface area contributed by atoms with Gasteiger partial charge in [0, 0.05) is 30.5 Å². The first kappa shape index (κ1) is 16.7. The minimum atomic E-state index is -0.241. The van der Waals surface area contributed by atoms with Gasteiger partial charge in [-0.2, -0.15) is 0 Å². The Labute approximate surface area is 154 Å². The number of benzene rings is 1. The Balaban J connectivity index is 1.93. The quantitative estimate of drug-likeness (QED) is 0.701. The lowest BCUT2D eigenvalue weighted by atomic mass is 10.0. The van der Waals surface area contributed by atoms with Crippen LogP contribution in [-0.4, -0.2) is 16.3 Å². The Hall–Kier alpha value is -2.73. The Morgan fingerprint density at radius 3 is 2.54 bits per heavy atom. The molecule has 26 heavy (non-hydrogen) atoms. The third kappa shape index (κ3) is 3.08. The molecule has 0 atom stereocenters. The highest BCUT2D eigenvalue weighted by atomic mass is 32.1. The molecule has 0 saturated heterocycles. The highest BCUT2D eigenvalue weighted by Crippen LogP contribution is 2.38. The predicted molar refractivity (Wildman–Crippen MR) is 103 cm³/mol. The number of ketones is 1. The maximum absolute atomic E-state index is 13.1. The molecule has 3 aromatic rings. The van der Waals surface area contributed by atoms with E-state index in [-0.39, 0.29) is 17.2 Å². The molecule has 0 bridgehead atoms. The number of nitrogens with one attached hydrogen (secondary N) is 1. The first-order valence-corrected chi connectivity index (χ1v) is 9.40. The van der Waals surface area contributed by atoms with Crippen LogP contribution < -0.4 is 10.9 Å². The summed E-state index contributed by atoms with van der Waals surface area (Å²) in [5, 5.41) is 3.98. The number of pyridine rings is 1. The number of amides is 1. The molecule has 2 heterocycles. The standard InChI is InChI=1S/C20H18N2O3S/c1-12(23)21-19-17(18(25)14-5-3-2-4-6-14)15-9-10-16(24)22(20(15)26-19)11-13-7-8-13/h2-6,9-10,13H,7-8,11H2,1H3,(H,21,23). The number of nitrogens with zero attached hydrogens (tertiary/aromatic N) is 1. The van der Waals surface area contributed by atoms with Gasteiger partial charge in [-0.15, -0.1) is 0 Å². The molecular weight excluding hydrogens is 348 g/mol. The molecule has 0 radical (unpaired) electrons. The van der Waals surface area contributed by atoms with Gasteiger partial charge in [-0.1, -0.05) is 41.7 Å². The van der Waals surface area contributed by atoms with E-state index < -0.39 is 0 Å². The molecule has 1 aromatic carbocycles. The van der Waals surface area contributed by atoms with Crippen LogP contribution in [0.5, 0.6) is 0 Å². The maximum Gasteiger partial charge on any atom is 0.251 e. The van der Waals surface area contributed by atoms with Crippen molar-refractivity contribution >= 4 is 38.2 Å². The van der Waals surface area contributed by atoms with Crippen molar-refractivity contribution < 1.29 is 9.59 Å². The van der Waals surface area contributed by atoms with Gasteiger partial charge in [0.2, 0.25) is 5.91 Å². The number of carbonyl (C=O) groups is 2. The number of thiophene rings is 1. The smallest absolute Gasteiger partial charge is 0.251 e. The molecule has 1 saturated carbocycles. The van der Waals surface area contributed by atoms with Gasteiger partial charge in [0.25, 0.3) is 5.56 Å². The molecule has 2 aromatic heterocycles. The number of aromatic nitrogens is 1. The molecule has 6 heteroatoms. The summed E-state index contributed by atoms with van der Waals surface area (Å²) in [4.78, 5) is 37.9. The molecule has 4 rings (SSSR count). The summed E-state index contributed by atoms with van der Waals surface area (Å²) in [7, 11) is 0. The van der Waals surface area contributed by atoms with Crippen molar-refractivity contribution in [3.05, 3.63) is 63.9 Å². The monoisotopic (exact) mass is 366 g/mol. The van der Waals surface area contributed by atoms with Crippen molar-refractivity contribution in [2.24, 2.45) is 5.92 Å². The van der Waals surface area contributed by atoms with Crippen LogP contribution >= 0.6 is 11.3 Å². The van der Waals surface area contributed by atoms with Crippen molar-refractivity contribution in [3.8, 4) is 0 Å². The topological polar surface area (TPSA) is 68.2 Å². The molecule has 1 aliphatic rings. The molecule has 1 amide bonds. The summed E-state index contributed by atoms with van der Waals surface area (Å²) in [5.41, 5.74) is 0.938. The highest BCUT2D eigenvalue weighted by molar-refractivity contribution is 7.23. The average Bonchev–Trinajstić information content (AvgIpc) is 3.37. The van der Waals surface area contributed by atoms with Gasteiger partial charge in [-0.25, -0.2) is 0 Å². The van der Waals surface area contributed by atoms with Crippen LogP contribution in [-0.2, 0) is 11.3 Å². The van der Waals surface area contributed by atoms with Gasteiger partial charge in [0.1, 0.15) is 9.83 Å². The van der Waals surface area contributed by atoms with Gasteiger partial charge in [0.15, 0.2) is 5.78 Å². The number of hydrogen-bond donors (Lipinski definition) is 1. The van der Waals surface area contributed by atoms with E-state index in [4.69, 9.17) is 0 Å². The lowest BCUT2D eigenvalue weighted by Crippen LogP contribution is -2.19. The van der Waals surface area contributed by atoms with E-state index in [1.807, 2.05) is 18.2 Å². The van der Waals surface area contributed by atoms with Crippen LogP contribution in [0.25, 0.3) is 10.2 Å². The van der Waals surface area contributed by atoms with Crippen molar-refractivity contribution in [1.82, 2.24) is 4.57 Å². The maximum atomic E-state index is 13.1. The zero-order chi connectivity index (χ0) is 18.3. The van der Waals surface area contributed by atoms with Crippen LogP contribution in [0, 0.1) is 5.92 Å². The number of fused-ring (bicyclic) bond motifs is 1. The second-order valence-corrected chi connectivity index (χ2v) is 7.63. The van der Waals surface area contributed by atoms with Gasteiger partial charge >= 0.3 is 0 Å². The molecule has 0 unspecified atom stereocenters. The fraction of sp³-hybridized carbons (Fsp3) is 0.250. The van der Waals surface area contributed by atoms with Crippen molar-refractivity contribution in [2.75, 3.05) is 5.32 Å². The van der Waals surface area contributed by atoms with Crippen LogP contribution in [0.4, 0.5) is 5.00 Å². The molecule has 5 nitrogen and oxygen atoms in total. The fourth-order valence-electron chi connectivity index (χ4n) is 3.07. The number of rotatable bonds is 5. The van der Waals surface area contributed by atoms with E-state index in [0.29, 0.717) is 34.0 Å². The minimum absolute atomic E-state index is 0.0706. The zero-order valence-electron chi connectivity index (χ0n) is 14.3. The second-order valence-electron chi connectivity index (χ2n) is 6.63. The van der Waals surface area contributed by atoms with Gasteiger partial charge < -0.3 is 5.32 Å². The normalized spacial score (nSPS) is 13.7. The number of hydrogen-bond acceptors (Lipinski definition) is 4. The van der Waals surface area contributed by atoms with Gasteiger partial charge in [-0.05, 0) is 24.8 Å². The van der Waals surface area contributed by atoms with Crippen LogP contribution in [0.2, 0.25) is 0 Å². The lowest BCUT2D eigenvalue weighted by Gasteiger charge is -2.06. The summed E-state index contributed by atoms with van der Waals surface area (Å²) in [6.45, 7) is 2.08. The Kier molecular flexibility index (Phi) is 4.20. The van der Waals surface area contributed by atoms with Crippen LogP contribution in [0.1, 0.15) is 35.7 Å². The van der Waals surface area contributed by atoms with Gasteiger partial charge in [-0.3, -0.25) is 19.0 Å². The minimum Gasteiger partial charge on any atom is -0.317 e. The van der Waals surface area contributed by atoms with E-state index in [1.54, 1.807) is 22.8 Å². The lowest BCUT2D eigenvalue weighted by molar-refractivity contribution is -0.114. The third-order valence-corrected chi connectivity index (χ3v) is 5.66. The SMILES string of the molecule is CC(=O)Nc1sc2c(ccc(=O)n2CC2CC2)c1C(=O)c1ccccc1. The van der Waals surface area contributed by atoms with E-state index >= 15 is 0 Å². The van der Waals surface area contributed by atoms with Crippen LogP contribution in [0.3, 0.4) is 0 Å². The van der Waals surface area contributed by atoms with Crippen molar-refractivity contribution in [2.45, 2.75) is 26.3 Å². The first-order valence-electron chi connectivity index (χ1n) is 8.58. The average molecular weight is 366 g/mol. The highest BCUT2D eigenvalue weighted by Gasteiger charge is 2.26. The molecule has 0 aliphatic heterocycles. The summed E-state index contributed by atoms with van der Waals surface area (Å²) in [5.74, 6) is 0.130. The molecule has 132 valence electrons.